The number of hydrogen-bond donors (Lipinski definition) is 2. The van der Waals surface area contributed by atoms with Gasteiger partial charge in [-0.15, -0.1) is 0 Å². The molecule has 22 heavy (non-hydrogen) atoms. The Bertz CT molecular complexity index is 674. The van der Waals surface area contributed by atoms with E-state index in [1.54, 1.807) is 36.4 Å². The highest BCUT2D eigenvalue weighted by atomic mass is 79.9. The molecule has 0 spiro atoms. The Morgan fingerprint density at radius 3 is 2.45 bits per heavy atom. The predicted octanol–water partition coefficient (Wildman–Crippen LogP) is 3.40. The standard InChI is InChI=1S/C16H14BrClN2O2/c17-12-2-1-3-14(9-12)20-16(22)10-19-15(21)8-11-4-6-13(18)7-5-11/h1-7,9H,8,10H2,(H,19,21)(H,20,22). The normalized spacial score (nSPS) is 10.1. The van der Waals surface area contributed by atoms with E-state index < -0.39 is 0 Å². The van der Waals surface area contributed by atoms with E-state index in [-0.39, 0.29) is 24.8 Å². The highest BCUT2D eigenvalue weighted by molar-refractivity contribution is 9.10. The van der Waals surface area contributed by atoms with E-state index in [9.17, 15) is 9.59 Å². The average molecular weight is 382 g/mol. The number of anilines is 1. The number of carbonyl (C=O) groups excluding carboxylic acids is 2. The molecular weight excluding hydrogens is 368 g/mol. The number of benzene rings is 2. The molecule has 0 heterocycles. The Labute approximate surface area is 142 Å². The van der Waals surface area contributed by atoms with Gasteiger partial charge in [0.05, 0.1) is 13.0 Å². The number of amides is 2. The fourth-order valence-electron chi connectivity index (χ4n) is 1.80. The van der Waals surface area contributed by atoms with Gasteiger partial charge in [0.15, 0.2) is 0 Å². The van der Waals surface area contributed by atoms with Crippen molar-refractivity contribution in [3.63, 3.8) is 0 Å². The van der Waals surface area contributed by atoms with Crippen LogP contribution in [0.2, 0.25) is 5.02 Å². The molecule has 114 valence electrons. The van der Waals surface area contributed by atoms with Crippen molar-refractivity contribution in [2.24, 2.45) is 0 Å². The molecule has 4 nitrogen and oxygen atoms in total. The van der Waals surface area contributed by atoms with Crippen molar-refractivity contribution in [2.75, 3.05) is 11.9 Å². The summed E-state index contributed by atoms with van der Waals surface area (Å²) in [5, 5.41) is 5.92. The van der Waals surface area contributed by atoms with Gasteiger partial charge in [-0.2, -0.15) is 0 Å². The van der Waals surface area contributed by atoms with Gasteiger partial charge in [0.2, 0.25) is 11.8 Å². The Morgan fingerprint density at radius 2 is 1.77 bits per heavy atom. The summed E-state index contributed by atoms with van der Waals surface area (Å²) < 4.78 is 0.872. The maximum absolute atomic E-state index is 11.8. The van der Waals surface area contributed by atoms with Crippen molar-refractivity contribution < 1.29 is 9.59 Å². The van der Waals surface area contributed by atoms with Crippen molar-refractivity contribution in [2.45, 2.75) is 6.42 Å². The lowest BCUT2D eigenvalue weighted by Crippen LogP contribution is -2.33. The summed E-state index contributed by atoms with van der Waals surface area (Å²) in [6.07, 6.45) is 0.210. The minimum Gasteiger partial charge on any atom is -0.347 e. The van der Waals surface area contributed by atoms with Crippen LogP contribution in [-0.4, -0.2) is 18.4 Å². The van der Waals surface area contributed by atoms with Crippen LogP contribution in [0.15, 0.2) is 53.0 Å². The molecule has 0 unspecified atom stereocenters. The number of hydrogen-bond acceptors (Lipinski definition) is 2. The van der Waals surface area contributed by atoms with Crippen LogP contribution < -0.4 is 10.6 Å². The van der Waals surface area contributed by atoms with Crippen molar-refractivity contribution in [1.82, 2.24) is 5.32 Å². The van der Waals surface area contributed by atoms with E-state index >= 15 is 0 Å². The Hall–Kier alpha value is -1.85. The van der Waals surface area contributed by atoms with E-state index in [1.165, 1.54) is 0 Å². The Kier molecular flexibility index (Phi) is 5.98. The van der Waals surface area contributed by atoms with Gasteiger partial charge in [0.25, 0.3) is 0 Å². The zero-order chi connectivity index (χ0) is 15.9. The van der Waals surface area contributed by atoms with E-state index in [0.29, 0.717) is 10.7 Å². The molecule has 2 aromatic rings. The molecule has 0 aliphatic rings. The lowest BCUT2D eigenvalue weighted by Gasteiger charge is -2.07. The van der Waals surface area contributed by atoms with Gasteiger partial charge in [-0.05, 0) is 35.9 Å². The summed E-state index contributed by atoms with van der Waals surface area (Å²) in [4.78, 5) is 23.5. The van der Waals surface area contributed by atoms with Gasteiger partial charge < -0.3 is 10.6 Å². The van der Waals surface area contributed by atoms with Gasteiger partial charge in [-0.1, -0.05) is 45.7 Å². The summed E-state index contributed by atoms with van der Waals surface area (Å²) in [6.45, 7) is -0.0705. The lowest BCUT2D eigenvalue weighted by atomic mass is 10.1. The topological polar surface area (TPSA) is 58.2 Å². The monoisotopic (exact) mass is 380 g/mol. The van der Waals surface area contributed by atoms with E-state index in [4.69, 9.17) is 11.6 Å². The minimum atomic E-state index is -0.275. The first-order valence-electron chi connectivity index (χ1n) is 6.59. The maximum atomic E-state index is 11.8. The first kappa shape index (κ1) is 16.5. The van der Waals surface area contributed by atoms with Crippen LogP contribution >= 0.6 is 27.5 Å². The highest BCUT2D eigenvalue weighted by Crippen LogP contribution is 2.15. The first-order valence-corrected chi connectivity index (χ1v) is 7.76. The Morgan fingerprint density at radius 1 is 1.05 bits per heavy atom. The fourth-order valence-corrected chi connectivity index (χ4v) is 2.33. The van der Waals surface area contributed by atoms with Crippen molar-refractivity contribution in [1.29, 1.82) is 0 Å². The molecule has 0 atom stereocenters. The third kappa shape index (κ3) is 5.50. The maximum Gasteiger partial charge on any atom is 0.243 e. The van der Waals surface area contributed by atoms with Crippen LogP contribution in [-0.2, 0) is 16.0 Å². The van der Waals surface area contributed by atoms with Crippen LogP contribution in [0, 0.1) is 0 Å². The number of halogens is 2. The van der Waals surface area contributed by atoms with Gasteiger partial charge in [0, 0.05) is 15.2 Å². The SMILES string of the molecule is O=C(Cc1ccc(Cl)cc1)NCC(=O)Nc1cccc(Br)c1. The molecule has 0 aliphatic carbocycles. The van der Waals surface area contributed by atoms with E-state index in [2.05, 4.69) is 26.6 Å². The number of rotatable bonds is 5. The molecule has 0 saturated carbocycles. The van der Waals surface area contributed by atoms with Crippen molar-refractivity contribution >= 4 is 45.0 Å². The second kappa shape index (κ2) is 7.96. The van der Waals surface area contributed by atoms with Gasteiger partial charge in [0.1, 0.15) is 0 Å². The molecule has 0 aromatic heterocycles. The quantitative estimate of drug-likeness (QED) is 0.834. The van der Waals surface area contributed by atoms with Crippen LogP contribution in [0.4, 0.5) is 5.69 Å². The molecule has 2 aromatic carbocycles. The van der Waals surface area contributed by atoms with Crippen LogP contribution in [0.25, 0.3) is 0 Å². The molecule has 0 fully saturated rings. The zero-order valence-corrected chi connectivity index (χ0v) is 13.9. The van der Waals surface area contributed by atoms with Crippen molar-refractivity contribution in [3.05, 3.63) is 63.6 Å². The second-order valence-corrected chi connectivity index (χ2v) is 5.99. The van der Waals surface area contributed by atoms with Crippen molar-refractivity contribution in [3.8, 4) is 0 Å². The second-order valence-electron chi connectivity index (χ2n) is 4.64. The first-order chi connectivity index (χ1) is 10.5. The lowest BCUT2D eigenvalue weighted by molar-refractivity contribution is -0.123. The molecule has 6 heteroatoms. The zero-order valence-electron chi connectivity index (χ0n) is 11.6. The number of carbonyl (C=O) groups is 2. The summed E-state index contributed by atoms with van der Waals surface area (Å²) >= 11 is 9.11. The smallest absolute Gasteiger partial charge is 0.243 e. The molecule has 2 amide bonds. The van der Waals surface area contributed by atoms with E-state index in [1.807, 2.05) is 12.1 Å². The molecule has 0 radical (unpaired) electrons. The molecule has 0 saturated heterocycles. The third-order valence-corrected chi connectivity index (χ3v) is 3.58. The molecule has 2 N–H and O–H groups in total. The molecule has 0 bridgehead atoms. The summed E-state index contributed by atoms with van der Waals surface area (Å²) in [5.74, 6) is -0.491. The van der Waals surface area contributed by atoms with Gasteiger partial charge in [-0.25, -0.2) is 0 Å². The average Bonchev–Trinajstić information content (AvgIpc) is 2.48. The Balaban J connectivity index is 1.78. The van der Waals surface area contributed by atoms with Gasteiger partial charge in [-0.3, -0.25) is 9.59 Å². The molecule has 0 aliphatic heterocycles. The number of nitrogens with one attached hydrogen (secondary N) is 2. The summed E-state index contributed by atoms with van der Waals surface area (Å²) in [6, 6.07) is 14.3. The van der Waals surface area contributed by atoms with Crippen LogP contribution in [0.3, 0.4) is 0 Å². The summed E-state index contributed by atoms with van der Waals surface area (Å²) in [5.41, 5.74) is 1.51. The molecule has 2 rings (SSSR count). The minimum absolute atomic E-state index is 0.0705. The fraction of sp³-hybridized carbons (Fsp3) is 0.125. The predicted molar refractivity (Wildman–Crippen MR) is 90.9 cm³/mol. The van der Waals surface area contributed by atoms with E-state index in [0.717, 1.165) is 10.0 Å². The largest absolute Gasteiger partial charge is 0.347 e. The third-order valence-electron chi connectivity index (χ3n) is 2.83. The van der Waals surface area contributed by atoms with Crippen LogP contribution in [0.5, 0.6) is 0 Å². The highest BCUT2D eigenvalue weighted by Gasteiger charge is 2.07. The van der Waals surface area contributed by atoms with Gasteiger partial charge >= 0.3 is 0 Å². The summed E-state index contributed by atoms with van der Waals surface area (Å²) in [7, 11) is 0. The van der Waals surface area contributed by atoms with Crippen LogP contribution in [0.1, 0.15) is 5.56 Å². The molecular formula is C16H14BrClN2O2.